The monoisotopic (exact) mass is 877 g/mol. The number of nitrogens with zero attached hydrogens (tertiary/aromatic N) is 3. The number of hydrogen-bond donors (Lipinski definition) is 0. The third-order valence-electron chi connectivity index (χ3n) is 14.0. The van der Waals surface area contributed by atoms with Crippen molar-refractivity contribution in [1.29, 1.82) is 0 Å². The molecule has 1 aliphatic rings. The molecular formula is C66H43N3. The van der Waals surface area contributed by atoms with Gasteiger partial charge >= 0.3 is 0 Å². The van der Waals surface area contributed by atoms with Gasteiger partial charge in [-0.25, -0.2) is 15.0 Å². The number of rotatable bonds is 8. The van der Waals surface area contributed by atoms with Gasteiger partial charge in [0, 0.05) is 16.7 Å². The highest BCUT2D eigenvalue weighted by Gasteiger charge is 2.47. The lowest BCUT2D eigenvalue weighted by molar-refractivity contribution is 0.769. The summed E-state index contributed by atoms with van der Waals surface area (Å²) in [5, 5.41) is 4.94. The van der Waals surface area contributed by atoms with E-state index in [0.717, 1.165) is 38.9 Å². The van der Waals surface area contributed by atoms with E-state index in [9.17, 15) is 0 Å². The second-order valence-corrected chi connectivity index (χ2v) is 17.8. The topological polar surface area (TPSA) is 38.7 Å². The summed E-state index contributed by atoms with van der Waals surface area (Å²) in [4.78, 5) is 15.9. The summed E-state index contributed by atoms with van der Waals surface area (Å²) < 4.78 is 0. The smallest absolute Gasteiger partial charge is 0.164 e. The molecule has 322 valence electrons. The van der Waals surface area contributed by atoms with Gasteiger partial charge in [-0.1, -0.05) is 249 Å². The van der Waals surface area contributed by atoms with E-state index in [-0.39, 0.29) is 0 Å². The molecule has 0 bridgehead atoms. The zero-order valence-corrected chi connectivity index (χ0v) is 37.7. The summed E-state index contributed by atoms with van der Waals surface area (Å²) in [5.41, 5.74) is 16.3. The highest BCUT2D eigenvalue weighted by atomic mass is 15.0. The Morgan fingerprint density at radius 1 is 0.232 bits per heavy atom. The Morgan fingerprint density at radius 3 is 1.10 bits per heavy atom. The van der Waals surface area contributed by atoms with Crippen molar-refractivity contribution in [3.8, 4) is 78.7 Å². The van der Waals surface area contributed by atoms with Gasteiger partial charge in [-0.15, -0.1) is 0 Å². The molecule has 1 aromatic heterocycles. The minimum atomic E-state index is -0.644. The van der Waals surface area contributed by atoms with E-state index in [1.807, 2.05) is 36.4 Å². The van der Waals surface area contributed by atoms with Crippen LogP contribution in [0.5, 0.6) is 0 Å². The molecule has 0 fully saturated rings. The highest BCUT2D eigenvalue weighted by molar-refractivity contribution is 6.21. The lowest BCUT2D eigenvalue weighted by Gasteiger charge is -2.34. The summed E-state index contributed by atoms with van der Waals surface area (Å²) >= 11 is 0. The molecule has 11 aromatic carbocycles. The van der Waals surface area contributed by atoms with E-state index in [1.165, 1.54) is 66.1 Å². The Kier molecular flexibility index (Phi) is 9.73. The SMILES string of the molecule is c1ccc(-c2nc(-c3ccccc3)nc(-c3cc(-c4ccc(-c5c6ccccc6c(-c6ccccc6)c6ccccc56)cc4)cc4c3-c3ccccc3C4(c3ccccc3)c3ccccc3)n2)cc1. The first-order valence-corrected chi connectivity index (χ1v) is 23.6. The van der Waals surface area contributed by atoms with Crippen LogP contribution in [0.15, 0.2) is 261 Å². The van der Waals surface area contributed by atoms with Crippen molar-refractivity contribution in [3.63, 3.8) is 0 Å². The van der Waals surface area contributed by atoms with E-state index in [4.69, 9.17) is 15.0 Å². The molecule has 0 radical (unpaired) electrons. The first-order valence-electron chi connectivity index (χ1n) is 23.6. The minimum Gasteiger partial charge on any atom is -0.208 e. The number of fused-ring (bicyclic) bond motifs is 5. The molecule has 3 nitrogen and oxygen atoms in total. The predicted molar refractivity (Wildman–Crippen MR) is 285 cm³/mol. The van der Waals surface area contributed by atoms with Gasteiger partial charge in [-0.2, -0.15) is 0 Å². The fourth-order valence-electron chi connectivity index (χ4n) is 11.0. The molecule has 0 atom stereocenters. The molecule has 13 rings (SSSR count). The Morgan fingerprint density at radius 2 is 0.609 bits per heavy atom. The molecule has 0 aliphatic heterocycles. The molecule has 0 saturated heterocycles. The van der Waals surface area contributed by atoms with Crippen LogP contribution >= 0.6 is 0 Å². The fraction of sp³-hybridized carbons (Fsp3) is 0.0152. The molecule has 1 aliphatic carbocycles. The minimum absolute atomic E-state index is 0.626. The summed E-state index contributed by atoms with van der Waals surface area (Å²) in [6.45, 7) is 0. The average molecular weight is 878 g/mol. The summed E-state index contributed by atoms with van der Waals surface area (Å²) in [6, 6.07) is 93.8. The number of benzene rings is 11. The van der Waals surface area contributed by atoms with Crippen molar-refractivity contribution in [3.05, 3.63) is 283 Å². The fourth-order valence-corrected chi connectivity index (χ4v) is 11.0. The first kappa shape index (κ1) is 40.2. The molecule has 0 saturated carbocycles. The van der Waals surface area contributed by atoms with Crippen LogP contribution in [-0.2, 0) is 5.41 Å². The van der Waals surface area contributed by atoms with E-state index in [0.29, 0.717) is 17.5 Å². The van der Waals surface area contributed by atoms with Crippen LogP contribution in [0.4, 0.5) is 0 Å². The van der Waals surface area contributed by atoms with Gasteiger partial charge in [0.15, 0.2) is 17.5 Å². The van der Waals surface area contributed by atoms with Gasteiger partial charge in [0.05, 0.1) is 5.41 Å². The molecule has 0 spiro atoms. The molecule has 12 aromatic rings. The molecule has 0 N–H and O–H groups in total. The van der Waals surface area contributed by atoms with E-state index < -0.39 is 5.41 Å². The Hall–Kier alpha value is -9.05. The van der Waals surface area contributed by atoms with E-state index in [2.05, 4.69) is 224 Å². The van der Waals surface area contributed by atoms with Crippen molar-refractivity contribution in [1.82, 2.24) is 15.0 Å². The van der Waals surface area contributed by atoms with Crippen LogP contribution in [0.1, 0.15) is 22.3 Å². The number of aromatic nitrogens is 3. The summed E-state index contributed by atoms with van der Waals surface area (Å²) in [6.07, 6.45) is 0. The van der Waals surface area contributed by atoms with Crippen molar-refractivity contribution in [2.75, 3.05) is 0 Å². The van der Waals surface area contributed by atoms with Crippen LogP contribution in [0.3, 0.4) is 0 Å². The predicted octanol–water partition coefficient (Wildman–Crippen LogP) is 16.5. The van der Waals surface area contributed by atoms with Gasteiger partial charge in [0.2, 0.25) is 0 Å². The zero-order valence-electron chi connectivity index (χ0n) is 37.7. The zero-order chi connectivity index (χ0) is 45.7. The van der Waals surface area contributed by atoms with Crippen molar-refractivity contribution < 1.29 is 0 Å². The number of hydrogen-bond acceptors (Lipinski definition) is 3. The van der Waals surface area contributed by atoms with Gasteiger partial charge in [-0.05, 0) is 100 Å². The summed E-state index contributed by atoms with van der Waals surface area (Å²) in [5.74, 6) is 1.88. The van der Waals surface area contributed by atoms with E-state index >= 15 is 0 Å². The quantitative estimate of drug-likeness (QED) is 0.143. The third kappa shape index (κ3) is 6.62. The molecular weight excluding hydrogens is 835 g/mol. The molecule has 0 amide bonds. The van der Waals surface area contributed by atoms with Crippen molar-refractivity contribution in [2.45, 2.75) is 5.41 Å². The second kappa shape index (κ2) is 16.7. The maximum Gasteiger partial charge on any atom is 0.164 e. The molecule has 1 heterocycles. The van der Waals surface area contributed by atoms with Crippen molar-refractivity contribution in [2.24, 2.45) is 0 Å². The Bertz CT molecular complexity index is 3700. The Balaban J connectivity index is 1.08. The maximum absolute atomic E-state index is 5.40. The average Bonchev–Trinajstić information content (AvgIpc) is 3.74. The van der Waals surface area contributed by atoms with Crippen LogP contribution in [-0.4, -0.2) is 15.0 Å². The van der Waals surface area contributed by atoms with Crippen LogP contribution in [0.25, 0.3) is 100 Å². The standard InChI is InChI=1S/C66H43N3/c1-6-22-45(23-7-1)60-52-32-16-18-34-54(52)61(55-35-19-17-33-53(55)60)46-40-38-44(39-41-46)49-42-57(65-68-63(47-24-8-2-9-25-47)67-64(69-65)48-26-10-3-11-27-48)62-56-36-20-21-37-58(56)66(59(62)43-49,50-28-12-4-13-29-50)51-30-14-5-15-31-51/h1-43H. The maximum atomic E-state index is 5.40. The molecule has 69 heavy (non-hydrogen) atoms. The Labute approximate surface area is 401 Å². The van der Waals surface area contributed by atoms with Crippen LogP contribution in [0, 0.1) is 0 Å². The lowest BCUT2D eigenvalue weighted by Crippen LogP contribution is -2.28. The second-order valence-electron chi connectivity index (χ2n) is 17.8. The van der Waals surface area contributed by atoms with E-state index in [1.54, 1.807) is 0 Å². The van der Waals surface area contributed by atoms with Crippen molar-refractivity contribution >= 4 is 21.5 Å². The van der Waals surface area contributed by atoms with Gasteiger partial charge in [-0.3, -0.25) is 0 Å². The third-order valence-corrected chi connectivity index (χ3v) is 14.0. The van der Waals surface area contributed by atoms with Crippen LogP contribution < -0.4 is 0 Å². The van der Waals surface area contributed by atoms with Gasteiger partial charge < -0.3 is 0 Å². The normalized spacial score (nSPS) is 12.5. The van der Waals surface area contributed by atoms with Gasteiger partial charge in [0.1, 0.15) is 0 Å². The molecule has 0 unspecified atom stereocenters. The first-order chi connectivity index (χ1) is 34.2. The highest BCUT2D eigenvalue weighted by Crippen LogP contribution is 2.59. The van der Waals surface area contributed by atoms with Gasteiger partial charge in [0.25, 0.3) is 0 Å². The lowest BCUT2D eigenvalue weighted by atomic mass is 9.67. The van der Waals surface area contributed by atoms with Crippen LogP contribution in [0.2, 0.25) is 0 Å². The molecule has 3 heteroatoms. The summed E-state index contributed by atoms with van der Waals surface area (Å²) in [7, 11) is 0. The largest absolute Gasteiger partial charge is 0.208 e.